The standard InChI is InChI=1S/C24H21FN6O3S/c1-30-12-20(27-13-30)21-7-15-10-26-23(28-24(15)34-21)19-11-31(17-8-18(9-17)35(2,32)33)29-22(19)14-3-5-16(25)6-4-14/h3-7,10-13,17-18H,8-9H2,1-2H3. The number of rotatable bonds is 5. The highest BCUT2D eigenvalue weighted by atomic mass is 32.2. The molecule has 11 heteroatoms. The molecule has 4 heterocycles. The van der Waals surface area contributed by atoms with E-state index in [0.717, 1.165) is 5.39 Å². The van der Waals surface area contributed by atoms with Gasteiger partial charge in [0, 0.05) is 37.5 Å². The lowest BCUT2D eigenvalue weighted by Crippen LogP contribution is -2.37. The summed E-state index contributed by atoms with van der Waals surface area (Å²) >= 11 is 0. The molecule has 0 spiro atoms. The molecule has 178 valence electrons. The Bertz CT molecular complexity index is 1660. The van der Waals surface area contributed by atoms with E-state index in [1.54, 1.807) is 29.3 Å². The summed E-state index contributed by atoms with van der Waals surface area (Å²) in [6.45, 7) is 0. The normalized spacial score (nSPS) is 18.1. The number of hydrogen-bond donors (Lipinski definition) is 0. The Hall–Kier alpha value is -3.86. The van der Waals surface area contributed by atoms with Gasteiger partial charge in [0.1, 0.15) is 27.0 Å². The van der Waals surface area contributed by atoms with Gasteiger partial charge in [0.05, 0.1) is 28.6 Å². The highest BCUT2D eigenvalue weighted by Crippen LogP contribution is 2.39. The van der Waals surface area contributed by atoms with Crippen LogP contribution < -0.4 is 0 Å². The summed E-state index contributed by atoms with van der Waals surface area (Å²) in [6.07, 6.45) is 9.30. The van der Waals surface area contributed by atoms with Gasteiger partial charge in [-0.15, -0.1) is 0 Å². The average molecular weight is 493 g/mol. The number of furan rings is 1. The molecule has 0 saturated heterocycles. The monoisotopic (exact) mass is 492 g/mol. The fraction of sp³-hybridized carbons (Fsp3) is 0.250. The number of fused-ring (bicyclic) bond motifs is 1. The maximum absolute atomic E-state index is 13.6. The summed E-state index contributed by atoms with van der Waals surface area (Å²) in [6, 6.07) is 7.83. The predicted molar refractivity (Wildman–Crippen MR) is 128 cm³/mol. The number of halogens is 1. The molecule has 0 bridgehead atoms. The van der Waals surface area contributed by atoms with Gasteiger partial charge in [-0.1, -0.05) is 0 Å². The molecule has 0 radical (unpaired) electrons. The molecule has 0 atom stereocenters. The van der Waals surface area contributed by atoms with Gasteiger partial charge in [0.15, 0.2) is 11.6 Å². The van der Waals surface area contributed by atoms with Crippen molar-refractivity contribution in [3.05, 3.63) is 61.1 Å². The molecule has 5 aromatic rings. The quantitative estimate of drug-likeness (QED) is 0.364. The van der Waals surface area contributed by atoms with Crippen molar-refractivity contribution < 1.29 is 17.2 Å². The Kier molecular flexibility index (Phi) is 4.85. The van der Waals surface area contributed by atoms with E-state index in [9.17, 15) is 12.8 Å². The third-order valence-corrected chi connectivity index (χ3v) is 7.97. The van der Waals surface area contributed by atoms with Gasteiger partial charge < -0.3 is 8.98 Å². The lowest BCUT2D eigenvalue weighted by molar-refractivity contribution is 0.291. The fourth-order valence-corrected chi connectivity index (χ4v) is 5.44. The van der Waals surface area contributed by atoms with Crippen LogP contribution in [0.25, 0.3) is 45.2 Å². The van der Waals surface area contributed by atoms with Crippen LogP contribution >= 0.6 is 0 Å². The van der Waals surface area contributed by atoms with Crippen LogP contribution in [0.2, 0.25) is 0 Å². The fourth-order valence-electron chi connectivity index (χ4n) is 4.29. The number of aromatic nitrogens is 6. The SMILES string of the molecule is Cn1cnc(-c2cc3cnc(-c4cn(C5CC(S(C)(=O)=O)C5)nc4-c4ccc(F)cc4)nc3o2)c1. The highest BCUT2D eigenvalue weighted by Gasteiger charge is 2.38. The smallest absolute Gasteiger partial charge is 0.230 e. The van der Waals surface area contributed by atoms with Gasteiger partial charge in [-0.3, -0.25) is 4.68 Å². The van der Waals surface area contributed by atoms with Crippen molar-refractivity contribution in [2.45, 2.75) is 24.1 Å². The number of hydrogen-bond acceptors (Lipinski definition) is 7. The highest BCUT2D eigenvalue weighted by molar-refractivity contribution is 7.91. The zero-order chi connectivity index (χ0) is 24.3. The van der Waals surface area contributed by atoms with Crippen LogP contribution in [0.1, 0.15) is 18.9 Å². The minimum atomic E-state index is -3.09. The van der Waals surface area contributed by atoms with Gasteiger partial charge in [0.25, 0.3) is 0 Å². The van der Waals surface area contributed by atoms with Crippen molar-refractivity contribution in [2.24, 2.45) is 7.05 Å². The number of benzene rings is 1. The summed E-state index contributed by atoms with van der Waals surface area (Å²) in [5, 5.41) is 5.11. The lowest BCUT2D eigenvalue weighted by Gasteiger charge is -2.33. The minimum absolute atomic E-state index is 0.0502. The molecule has 6 rings (SSSR count). The van der Waals surface area contributed by atoms with Crippen LogP contribution in [-0.4, -0.2) is 49.2 Å². The van der Waals surface area contributed by atoms with Crippen molar-refractivity contribution in [2.75, 3.05) is 6.26 Å². The Morgan fingerprint density at radius 2 is 1.89 bits per heavy atom. The van der Waals surface area contributed by atoms with E-state index in [4.69, 9.17) is 9.52 Å². The first kappa shape index (κ1) is 21.7. The third kappa shape index (κ3) is 3.91. The van der Waals surface area contributed by atoms with E-state index in [1.807, 2.05) is 30.1 Å². The zero-order valence-corrected chi connectivity index (χ0v) is 19.8. The molecule has 4 aromatic heterocycles. The van der Waals surface area contributed by atoms with Crippen molar-refractivity contribution in [3.8, 4) is 34.1 Å². The van der Waals surface area contributed by atoms with Gasteiger partial charge in [-0.2, -0.15) is 10.1 Å². The van der Waals surface area contributed by atoms with Gasteiger partial charge in [-0.05, 0) is 43.2 Å². The molecular formula is C24H21FN6O3S. The second-order valence-electron chi connectivity index (χ2n) is 8.94. The zero-order valence-electron chi connectivity index (χ0n) is 19.0. The molecule has 0 N–H and O–H groups in total. The van der Waals surface area contributed by atoms with Crippen LogP contribution in [0, 0.1) is 5.82 Å². The van der Waals surface area contributed by atoms with Gasteiger partial charge >= 0.3 is 0 Å². The number of nitrogens with zero attached hydrogens (tertiary/aromatic N) is 6. The van der Waals surface area contributed by atoms with Crippen LogP contribution in [-0.2, 0) is 16.9 Å². The molecular weight excluding hydrogens is 471 g/mol. The molecule has 1 fully saturated rings. The van der Waals surface area contributed by atoms with E-state index in [2.05, 4.69) is 15.0 Å². The van der Waals surface area contributed by atoms with Crippen molar-refractivity contribution in [1.82, 2.24) is 29.3 Å². The van der Waals surface area contributed by atoms with Crippen LogP contribution in [0.4, 0.5) is 4.39 Å². The first-order valence-electron chi connectivity index (χ1n) is 11.0. The van der Waals surface area contributed by atoms with E-state index >= 15 is 0 Å². The Balaban J connectivity index is 1.41. The molecule has 0 aliphatic heterocycles. The first-order chi connectivity index (χ1) is 16.7. The van der Waals surface area contributed by atoms with E-state index in [-0.39, 0.29) is 17.1 Å². The van der Waals surface area contributed by atoms with E-state index < -0.39 is 9.84 Å². The largest absolute Gasteiger partial charge is 0.436 e. The second-order valence-corrected chi connectivity index (χ2v) is 11.3. The lowest BCUT2D eigenvalue weighted by atomic mass is 9.92. The topological polar surface area (TPSA) is 109 Å². The van der Waals surface area contributed by atoms with Crippen LogP contribution in [0.5, 0.6) is 0 Å². The van der Waals surface area contributed by atoms with Gasteiger partial charge in [-0.25, -0.2) is 22.8 Å². The van der Waals surface area contributed by atoms with Crippen LogP contribution in [0.15, 0.2) is 59.7 Å². The molecule has 1 aliphatic rings. The van der Waals surface area contributed by atoms with Gasteiger partial charge in [0.2, 0.25) is 5.71 Å². The Morgan fingerprint density at radius 1 is 1.11 bits per heavy atom. The van der Waals surface area contributed by atoms with Crippen molar-refractivity contribution in [3.63, 3.8) is 0 Å². The molecule has 1 aromatic carbocycles. The second kappa shape index (κ2) is 7.84. The van der Waals surface area contributed by atoms with Crippen molar-refractivity contribution >= 4 is 20.9 Å². The molecule has 35 heavy (non-hydrogen) atoms. The summed E-state index contributed by atoms with van der Waals surface area (Å²) in [7, 11) is -1.21. The average Bonchev–Trinajstić information content (AvgIpc) is 3.49. The number of sulfone groups is 1. The molecule has 0 amide bonds. The summed E-state index contributed by atoms with van der Waals surface area (Å²) in [5.41, 5.74) is 3.05. The first-order valence-corrected chi connectivity index (χ1v) is 13.0. The number of imidazole rings is 1. The molecule has 1 saturated carbocycles. The van der Waals surface area contributed by atoms with E-state index in [0.29, 0.717) is 52.7 Å². The maximum Gasteiger partial charge on any atom is 0.230 e. The van der Waals surface area contributed by atoms with E-state index in [1.165, 1.54) is 18.4 Å². The minimum Gasteiger partial charge on any atom is -0.436 e. The summed E-state index contributed by atoms with van der Waals surface area (Å²) in [5.74, 6) is 0.645. The maximum atomic E-state index is 13.6. The third-order valence-electron chi connectivity index (χ3n) is 6.37. The predicted octanol–water partition coefficient (Wildman–Crippen LogP) is 4.04. The molecule has 1 aliphatic carbocycles. The molecule has 9 nitrogen and oxygen atoms in total. The summed E-state index contributed by atoms with van der Waals surface area (Å²) in [4.78, 5) is 13.5. The molecule has 0 unspecified atom stereocenters. The number of aryl methyl sites for hydroxylation is 1. The van der Waals surface area contributed by atoms with Crippen LogP contribution in [0.3, 0.4) is 0 Å². The van der Waals surface area contributed by atoms with Crippen molar-refractivity contribution in [1.29, 1.82) is 0 Å². The Morgan fingerprint density at radius 3 is 2.57 bits per heavy atom. The summed E-state index contributed by atoms with van der Waals surface area (Å²) < 4.78 is 46.9. The Labute approximate surface area is 200 Å².